The Labute approximate surface area is 334 Å². The van der Waals surface area contributed by atoms with Crippen molar-refractivity contribution in [3.63, 3.8) is 0 Å². The lowest BCUT2D eigenvalue weighted by atomic mass is 9.74. The van der Waals surface area contributed by atoms with Gasteiger partial charge in [-0.3, -0.25) is 14.5 Å². The first-order valence-electron chi connectivity index (χ1n) is 20.6. The number of ether oxygens (including phenoxy) is 9. The predicted molar refractivity (Wildman–Crippen MR) is 205 cm³/mol. The molecule has 56 heavy (non-hydrogen) atoms. The Morgan fingerprint density at radius 3 is 2.02 bits per heavy atom. The lowest BCUT2D eigenvalue weighted by Crippen LogP contribution is -2.62. The van der Waals surface area contributed by atoms with Crippen LogP contribution in [0, 0.1) is 23.7 Å². The fourth-order valence-electron chi connectivity index (χ4n) is 9.59. The van der Waals surface area contributed by atoms with Crippen LogP contribution in [0.15, 0.2) is 0 Å². The molecule has 4 aliphatic rings. The molecule has 0 aromatic rings. The van der Waals surface area contributed by atoms with E-state index in [4.69, 9.17) is 42.6 Å². The maximum Gasteiger partial charge on any atom is 0.311 e. The van der Waals surface area contributed by atoms with Gasteiger partial charge in [0.15, 0.2) is 12.6 Å². The molecule has 0 aromatic carbocycles. The van der Waals surface area contributed by atoms with E-state index in [0.717, 1.165) is 13.1 Å². The molecular weight excluding hydrogens is 730 g/mol. The minimum atomic E-state index is -1.96. The highest BCUT2D eigenvalue weighted by Crippen LogP contribution is 2.42. The number of nitrogens with zero attached hydrogens (tertiary/aromatic N) is 1. The molecule has 0 spiro atoms. The molecule has 4 fully saturated rings. The molecule has 15 nitrogen and oxygen atoms in total. The lowest BCUT2D eigenvalue weighted by molar-refractivity contribution is -0.322. The zero-order chi connectivity index (χ0) is 41.9. The van der Waals surface area contributed by atoms with Crippen LogP contribution in [-0.4, -0.2) is 164 Å². The number of rotatable bonds is 9. The molecule has 0 aromatic heterocycles. The molecule has 4 saturated heterocycles. The van der Waals surface area contributed by atoms with Gasteiger partial charge < -0.3 is 58.0 Å². The van der Waals surface area contributed by atoms with Gasteiger partial charge >= 0.3 is 5.97 Å². The summed E-state index contributed by atoms with van der Waals surface area (Å²) >= 11 is 0. The van der Waals surface area contributed by atoms with Crippen LogP contribution in [0.25, 0.3) is 0 Å². The van der Waals surface area contributed by atoms with Crippen molar-refractivity contribution in [2.24, 2.45) is 23.7 Å². The Kier molecular flexibility index (Phi) is 16.4. The first kappa shape index (κ1) is 47.3. The number of ketones is 1. The van der Waals surface area contributed by atoms with Crippen LogP contribution in [0.1, 0.15) is 94.9 Å². The maximum atomic E-state index is 14.3. The maximum absolute atomic E-state index is 14.3. The summed E-state index contributed by atoms with van der Waals surface area (Å²) in [7, 11) is 4.71. The van der Waals surface area contributed by atoms with Gasteiger partial charge in [-0.15, -0.1) is 0 Å². The topological polar surface area (TPSA) is 181 Å². The van der Waals surface area contributed by atoms with Gasteiger partial charge in [0.2, 0.25) is 0 Å². The third-order valence-corrected chi connectivity index (χ3v) is 13.4. The Hall–Kier alpha value is -1.34. The van der Waals surface area contributed by atoms with Crippen molar-refractivity contribution >= 4 is 11.8 Å². The van der Waals surface area contributed by atoms with Crippen molar-refractivity contribution in [1.82, 2.24) is 4.90 Å². The Bertz CT molecular complexity index is 1280. The number of aliphatic hydroxyl groups is 3. The van der Waals surface area contributed by atoms with E-state index in [2.05, 4.69) is 4.90 Å². The number of esters is 1. The summed E-state index contributed by atoms with van der Waals surface area (Å²) in [6.45, 7) is 20.1. The number of hydrogen-bond donors (Lipinski definition) is 3. The van der Waals surface area contributed by atoms with Crippen LogP contribution in [-0.2, 0) is 52.2 Å². The predicted octanol–water partition coefficient (Wildman–Crippen LogP) is 2.86. The molecule has 0 aliphatic carbocycles. The van der Waals surface area contributed by atoms with E-state index in [1.165, 1.54) is 14.0 Å². The van der Waals surface area contributed by atoms with E-state index in [0.29, 0.717) is 19.6 Å². The lowest BCUT2D eigenvalue weighted by Gasteiger charge is -2.51. The Balaban J connectivity index is 1.86. The second kappa shape index (κ2) is 19.4. The number of hydrogen-bond acceptors (Lipinski definition) is 15. The highest BCUT2D eigenvalue weighted by atomic mass is 16.7. The minimum absolute atomic E-state index is 0.0434. The largest absolute Gasteiger partial charge is 0.459 e. The van der Waals surface area contributed by atoms with Gasteiger partial charge in [0.1, 0.15) is 29.7 Å². The molecule has 4 aliphatic heterocycles. The highest BCUT2D eigenvalue weighted by Gasteiger charge is 2.54. The number of morpholine rings is 1. The molecule has 326 valence electrons. The van der Waals surface area contributed by atoms with E-state index in [9.17, 15) is 24.9 Å². The van der Waals surface area contributed by atoms with E-state index in [1.807, 2.05) is 20.8 Å². The minimum Gasteiger partial charge on any atom is -0.459 e. The molecule has 0 radical (unpaired) electrons. The standard InChI is InChI=1S/C41H73NO14/c1-14-29-41(10,47)34(44)24(4)31(43)22(2)20-40(9,50-13)36(56-38-33(48-11)28(19-23(3)52-38)42-15-17-51-18-16-42)25(5)32(26(6)37(46)54-29)55-30-21-39(8,49-12)35(45)27(7)53-30/h22-30,32-36,38,44-45,47H,14-21H2,1-13H3/t22-,23-,24+,25+,26-,27+,28+,29-,30+,32+,33-,34-,35+,36-,38+,39-,40+,41-/m1/s1. The van der Waals surface area contributed by atoms with E-state index < -0.39 is 102 Å². The summed E-state index contributed by atoms with van der Waals surface area (Å²) in [5, 5.41) is 34.2. The molecule has 0 saturated carbocycles. The third-order valence-electron chi connectivity index (χ3n) is 13.4. The molecule has 0 amide bonds. The van der Waals surface area contributed by atoms with Crippen LogP contribution in [0.3, 0.4) is 0 Å². The number of methoxy groups -OCH3 is 3. The monoisotopic (exact) mass is 804 g/mol. The van der Waals surface area contributed by atoms with Gasteiger partial charge in [0, 0.05) is 64.6 Å². The van der Waals surface area contributed by atoms with Gasteiger partial charge in [-0.25, -0.2) is 0 Å². The first-order valence-corrected chi connectivity index (χ1v) is 20.6. The summed E-state index contributed by atoms with van der Waals surface area (Å²) < 4.78 is 56.8. The summed E-state index contributed by atoms with van der Waals surface area (Å²) in [6.07, 6.45) is -7.53. The molecule has 0 bridgehead atoms. The number of Topliss-reactive ketones (excluding diaryl/α,β-unsaturated/α-hetero) is 1. The van der Waals surface area contributed by atoms with Crippen molar-refractivity contribution in [3.8, 4) is 0 Å². The summed E-state index contributed by atoms with van der Waals surface area (Å²) in [6, 6.07) is -0.0434. The molecule has 18 atom stereocenters. The molecule has 3 N–H and O–H groups in total. The van der Waals surface area contributed by atoms with Gasteiger partial charge in [0.25, 0.3) is 0 Å². The fourth-order valence-corrected chi connectivity index (χ4v) is 9.59. The van der Waals surface area contributed by atoms with Crippen LogP contribution in [0.5, 0.6) is 0 Å². The van der Waals surface area contributed by atoms with E-state index in [-0.39, 0.29) is 37.2 Å². The van der Waals surface area contributed by atoms with Crippen molar-refractivity contribution in [2.45, 2.75) is 179 Å². The number of carbonyl (C=O) groups is 2. The average molecular weight is 804 g/mol. The van der Waals surface area contributed by atoms with Crippen LogP contribution in [0.4, 0.5) is 0 Å². The Morgan fingerprint density at radius 1 is 0.821 bits per heavy atom. The van der Waals surface area contributed by atoms with Crippen molar-refractivity contribution in [2.75, 3.05) is 47.6 Å². The SMILES string of the molecule is CC[C@H]1OC(=O)[C@H](C)[C@@H](O[C@H]2C[C@@](C)(OC)[C@@H](O)[C@H](C)O2)[C@H](C)[C@@H](O[C@@H]2O[C@H](C)C[C@H](N3CCOCC3)[C@H]2OC)[C@@](C)(OC)C[C@@H](C)C(=O)[C@H](C)[C@@H](O)[C@]1(C)O. The summed E-state index contributed by atoms with van der Waals surface area (Å²) in [5.41, 5.74) is -4.19. The smallest absolute Gasteiger partial charge is 0.311 e. The first-order chi connectivity index (χ1) is 26.2. The summed E-state index contributed by atoms with van der Waals surface area (Å²) in [5.74, 6) is -4.31. The second-order valence-corrected chi connectivity index (χ2v) is 17.5. The van der Waals surface area contributed by atoms with Crippen molar-refractivity contribution in [1.29, 1.82) is 0 Å². The summed E-state index contributed by atoms with van der Waals surface area (Å²) in [4.78, 5) is 30.8. The van der Waals surface area contributed by atoms with Crippen LogP contribution in [0.2, 0.25) is 0 Å². The van der Waals surface area contributed by atoms with Gasteiger partial charge in [0.05, 0.1) is 60.9 Å². The van der Waals surface area contributed by atoms with Gasteiger partial charge in [-0.2, -0.15) is 0 Å². The molecular formula is C41H73NO14. The Morgan fingerprint density at radius 2 is 1.45 bits per heavy atom. The van der Waals surface area contributed by atoms with Gasteiger partial charge in [-0.05, 0) is 60.8 Å². The fraction of sp³-hybridized carbons (Fsp3) is 0.951. The highest BCUT2D eigenvalue weighted by molar-refractivity contribution is 5.83. The molecule has 4 rings (SSSR count). The number of aliphatic hydroxyl groups excluding tert-OH is 2. The molecule has 4 heterocycles. The zero-order valence-corrected chi connectivity index (χ0v) is 36.1. The normalized spacial score (nSPS) is 48.2. The van der Waals surface area contributed by atoms with Crippen molar-refractivity contribution < 1.29 is 67.5 Å². The zero-order valence-electron chi connectivity index (χ0n) is 36.1. The van der Waals surface area contributed by atoms with E-state index in [1.54, 1.807) is 55.8 Å². The second-order valence-electron chi connectivity index (χ2n) is 17.5. The number of cyclic esters (lactones) is 1. The molecule has 15 heteroatoms. The quantitative estimate of drug-likeness (QED) is 0.290. The van der Waals surface area contributed by atoms with Crippen LogP contribution >= 0.6 is 0 Å². The third kappa shape index (κ3) is 9.98. The molecule has 0 unspecified atom stereocenters. The average Bonchev–Trinajstić information content (AvgIpc) is 3.17. The number of carbonyl (C=O) groups excluding carboxylic acids is 2. The van der Waals surface area contributed by atoms with Crippen LogP contribution < -0.4 is 0 Å². The van der Waals surface area contributed by atoms with Gasteiger partial charge in [-0.1, -0.05) is 27.7 Å². The van der Waals surface area contributed by atoms with E-state index >= 15 is 0 Å². The van der Waals surface area contributed by atoms with Crippen molar-refractivity contribution in [3.05, 3.63) is 0 Å².